The minimum Gasteiger partial charge on any atom is -0.506 e. The Balaban J connectivity index is 1.58. The van der Waals surface area contributed by atoms with Crippen molar-refractivity contribution in [2.24, 2.45) is 0 Å². The Kier molecular flexibility index (Phi) is 4.59. The Morgan fingerprint density at radius 2 is 1.68 bits per heavy atom. The van der Waals surface area contributed by atoms with E-state index in [2.05, 4.69) is 10.3 Å². The summed E-state index contributed by atoms with van der Waals surface area (Å²) in [6.07, 6.45) is -0.841. The predicted molar refractivity (Wildman–Crippen MR) is 118 cm³/mol. The lowest BCUT2D eigenvalue weighted by Gasteiger charge is -2.20. The van der Waals surface area contributed by atoms with Gasteiger partial charge in [-0.25, -0.2) is 9.48 Å². The smallest absolute Gasteiger partial charge is 0.344 e. The van der Waals surface area contributed by atoms with Gasteiger partial charge in [-0.1, -0.05) is 77.5 Å². The van der Waals surface area contributed by atoms with E-state index in [0.717, 1.165) is 22.0 Å². The van der Waals surface area contributed by atoms with Crippen LogP contribution in [0.4, 0.5) is 0 Å². The van der Waals surface area contributed by atoms with Crippen LogP contribution in [0.25, 0.3) is 21.8 Å². The average molecular weight is 409 g/mol. The van der Waals surface area contributed by atoms with Gasteiger partial charge in [-0.3, -0.25) is 0 Å². The first kappa shape index (κ1) is 18.8. The summed E-state index contributed by atoms with van der Waals surface area (Å²) in [5, 5.41) is 20.6. The van der Waals surface area contributed by atoms with Crippen LogP contribution < -0.4 is 0 Å². The van der Waals surface area contributed by atoms with Crippen molar-refractivity contribution in [1.29, 1.82) is 0 Å². The van der Waals surface area contributed by atoms with E-state index in [1.807, 2.05) is 73.7 Å². The van der Waals surface area contributed by atoms with E-state index in [0.29, 0.717) is 10.9 Å². The number of phenolic OH excluding ortho intramolecular Hbond substituents is 1. The molecule has 1 aromatic heterocycles. The second-order valence-corrected chi connectivity index (χ2v) is 7.37. The third-order valence-electron chi connectivity index (χ3n) is 5.30. The van der Waals surface area contributed by atoms with Gasteiger partial charge in [-0.05, 0) is 30.5 Å². The number of aromatic hydroxyl groups is 1. The van der Waals surface area contributed by atoms with Crippen LogP contribution in [0.3, 0.4) is 0 Å². The number of rotatable bonds is 4. The van der Waals surface area contributed by atoms with Crippen molar-refractivity contribution in [3.05, 3.63) is 102 Å². The molecule has 1 heterocycles. The zero-order valence-corrected chi connectivity index (χ0v) is 16.8. The molecule has 5 aromatic rings. The highest BCUT2D eigenvalue weighted by Crippen LogP contribution is 2.31. The first-order valence-corrected chi connectivity index (χ1v) is 9.90. The van der Waals surface area contributed by atoms with E-state index >= 15 is 0 Å². The molecule has 6 heteroatoms. The van der Waals surface area contributed by atoms with Gasteiger partial charge in [0.05, 0.1) is 5.52 Å². The van der Waals surface area contributed by atoms with Gasteiger partial charge in [-0.2, -0.15) is 0 Å². The van der Waals surface area contributed by atoms with Crippen molar-refractivity contribution >= 4 is 27.8 Å². The number of nitrogens with zero attached hydrogens (tertiary/aromatic N) is 3. The number of hydrogen-bond donors (Lipinski definition) is 1. The minimum absolute atomic E-state index is 0.0974. The molecule has 31 heavy (non-hydrogen) atoms. The standard InChI is InChI=1S/C25H19N3O3/c1-16-10-12-18(13-11-16)24(28-22-9-5-4-8-21(22)26-27-28)31-25(30)20-15-14-17-6-2-3-7-19(17)23(20)29/h2-15,24,29H,1H3. The summed E-state index contributed by atoms with van der Waals surface area (Å²) >= 11 is 0. The molecule has 1 atom stereocenters. The molecule has 0 amide bonds. The zero-order valence-electron chi connectivity index (χ0n) is 16.8. The molecule has 0 spiro atoms. The van der Waals surface area contributed by atoms with Gasteiger partial charge in [0.25, 0.3) is 0 Å². The van der Waals surface area contributed by atoms with Gasteiger partial charge in [0.2, 0.25) is 6.23 Å². The number of para-hydroxylation sites is 1. The van der Waals surface area contributed by atoms with Crippen molar-refractivity contribution in [2.45, 2.75) is 13.2 Å². The lowest BCUT2D eigenvalue weighted by Crippen LogP contribution is -2.20. The molecule has 6 nitrogen and oxygen atoms in total. The van der Waals surface area contributed by atoms with Gasteiger partial charge < -0.3 is 9.84 Å². The number of aryl methyl sites for hydroxylation is 1. The molecular formula is C25H19N3O3. The van der Waals surface area contributed by atoms with Crippen molar-refractivity contribution in [3.8, 4) is 5.75 Å². The quantitative estimate of drug-likeness (QED) is 0.423. The normalized spacial score (nSPS) is 12.2. The Morgan fingerprint density at radius 1 is 0.935 bits per heavy atom. The number of carbonyl (C=O) groups is 1. The molecule has 0 aliphatic rings. The van der Waals surface area contributed by atoms with Crippen molar-refractivity contribution < 1.29 is 14.6 Å². The van der Waals surface area contributed by atoms with E-state index in [1.54, 1.807) is 22.9 Å². The Morgan fingerprint density at radius 3 is 2.52 bits per heavy atom. The average Bonchev–Trinajstić information content (AvgIpc) is 3.22. The second kappa shape index (κ2) is 7.57. The summed E-state index contributed by atoms with van der Waals surface area (Å²) in [6, 6.07) is 25.9. The zero-order chi connectivity index (χ0) is 21.4. The monoisotopic (exact) mass is 409 g/mol. The number of ether oxygens (including phenoxy) is 1. The van der Waals surface area contributed by atoms with Crippen LogP contribution in [0.5, 0.6) is 5.75 Å². The van der Waals surface area contributed by atoms with Crippen LogP contribution >= 0.6 is 0 Å². The van der Waals surface area contributed by atoms with Crippen LogP contribution in [0, 0.1) is 6.92 Å². The molecule has 0 saturated carbocycles. The number of phenols is 1. The molecular weight excluding hydrogens is 390 g/mol. The largest absolute Gasteiger partial charge is 0.506 e. The molecule has 0 bridgehead atoms. The number of esters is 1. The SMILES string of the molecule is Cc1ccc(C(OC(=O)c2ccc3ccccc3c2O)n2nnc3ccccc32)cc1. The van der Waals surface area contributed by atoms with Gasteiger partial charge in [0, 0.05) is 10.9 Å². The molecule has 0 aliphatic heterocycles. The highest BCUT2D eigenvalue weighted by Gasteiger charge is 2.25. The molecule has 4 aromatic carbocycles. The molecule has 0 saturated heterocycles. The maximum Gasteiger partial charge on any atom is 0.344 e. The van der Waals surface area contributed by atoms with E-state index in [-0.39, 0.29) is 11.3 Å². The van der Waals surface area contributed by atoms with Crippen LogP contribution in [0.1, 0.15) is 27.7 Å². The highest BCUT2D eigenvalue weighted by atomic mass is 16.6. The summed E-state index contributed by atoms with van der Waals surface area (Å²) in [7, 11) is 0. The molecule has 0 aliphatic carbocycles. The van der Waals surface area contributed by atoms with E-state index in [9.17, 15) is 9.90 Å². The van der Waals surface area contributed by atoms with Gasteiger partial charge >= 0.3 is 5.97 Å². The number of hydrogen-bond acceptors (Lipinski definition) is 5. The lowest BCUT2D eigenvalue weighted by atomic mass is 10.1. The number of aromatic nitrogens is 3. The van der Waals surface area contributed by atoms with Crippen molar-refractivity contribution in [2.75, 3.05) is 0 Å². The molecule has 0 fully saturated rings. The van der Waals surface area contributed by atoms with E-state index in [1.165, 1.54) is 0 Å². The first-order valence-electron chi connectivity index (χ1n) is 9.90. The fourth-order valence-corrected chi connectivity index (χ4v) is 3.64. The Labute approximate surface area is 178 Å². The lowest BCUT2D eigenvalue weighted by molar-refractivity contribution is 0.0193. The molecule has 152 valence electrons. The summed E-state index contributed by atoms with van der Waals surface area (Å²) in [4.78, 5) is 13.1. The summed E-state index contributed by atoms with van der Waals surface area (Å²) < 4.78 is 7.49. The first-order chi connectivity index (χ1) is 15.1. The fourth-order valence-electron chi connectivity index (χ4n) is 3.64. The van der Waals surface area contributed by atoms with Gasteiger partial charge in [-0.15, -0.1) is 5.10 Å². The third-order valence-corrected chi connectivity index (χ3v) is 5.30. The molecule has 1 unspecified atom stereocenters. The summed E-state index contributed by atoms with van der Waals surface area (Å²) in [5.74, 6) is -0.748. The van der Waals surface area contributed by atoms with Crippen LogP contribution in [-0.4, -0.2) is 26.1 Å². The van der Waals surface area contributed by atoms with Crippen molar-refractivity contribution in [3.63, 3.8) is 0 Å². The minimum atomic E-state index is -0.841. The highest BCUT2D eigenvalue weighted by molar-refractivity contribution is 6.01. The molecule has 0 radical (unpaired) electrons. The number of fused-ring (bicyclic) bond motifs is 2. The third kappa shape index (κ3) is 3.38. The molecule has 1 N–H and O–H groups in total. The van der Waals surface area contributed by atoms with Crippen LogP contribution in [-0.2, 0) is 4.74 Å². The summed E-state index contributed by atoms with van der Waals surface area (Å²) in [5.41, 5.74) is 3.37. The number of benzene rings is 4. The van der Waals surface area contributed by atoms with Gasteiger partial charge in [0.1, 0.15) is 16.8 Å². The van der Waals surface area contributed by atoms with Crippen LogP contribution in [0.15, 0.2) is 84.9 Å². The van der Waals surface area contributed by atoms with Gasteiger partial charge in [0.15, 0.2) is 0 Å². The Bertz CT molecular complexity index is 1410. The second-order valence-electron chi connectivity index (χ2n) is 7.37. The predicted octanol–water partition coefficient (Wildman–Crippen LogP) is 5.00. The maximum atomic E-state index is 13.1. The summed E-state index contributed by atoms with van der Waals surface area (Å²) in [6.45, 7) is 1.99. The molecule has 5 rings (SSSR count). The Hall–Kier alpha value is -4.19. The topological polar surface area (TPSA) is 77.2 Å². The fraction of sp³-hybridized carbons (Fsp3) is 0.0800. The number of carbonyl (C=O) groups excluding carboxylic acids is 1. The van der Waals surface area contributed by atoms with Crippen molar-refractivity contribution in [1.82, 2.24) is 15.0 Å². The van der Waals surface area contributed by atoms with Crippen LogP contribution in [0.2, 0.25) is 0 Å². The maximum absolute atomic E-state index is 13.1. The van der Waals surface area contributed by atoms with E-state index < -0.39 is 12.2 Å². The van der Waals surface area contributed by atoms with E-state index in [4.69, 9.17) is 4.74 Å².